The zero-order valence-corrected chi connectivity index (χ0v) is 10.8. The van der Waals surface area contributed by atoms with E-state index < -0.39 is 0 Å². The first-order valence-corrected chi connectivity index (χ1v) is 6.32. The van der Waals surface area contributed by atoms with Gasteiger partial charge in [-0.3, -0.25) is 4.79 Å². The van der Waals surface area contributed by atoms with Crippen LogP contribution in [0.15, 0.2) is 23.7 Å². The Morgan fingerprint density at radius 1 is 1.47 bits per heavy atom. The molecule has 0 bridgehead atoms. The van der Waals surface area contributed by atoms with Gasteiger partial charge in [-0.15, -0.1) is 11.3 Å². The Labute approximate surface area is 104 Å². The van der Waals surface area contributed by atoms with Gasteiger partial charge in [0.05, 0.1) is 0 Å². The number of aromatic nitrogens is 1. The van der Waals surface area contributed by atoms with Crippen molar-refractivity contribution in [3.8, 4) is 0 Å². The number of fused-ring (bicyclic) bond motifs is 1. The van der Waals surface area contributed by atoms with E-state index in [-0.39, 0.29) is 5.91 Å². The van der Waals surface area contributed by atoms with Crippen LogP contribution in [0.4, 0.5) is 5.82 Å². The minimum atomic E-state index is 0.120. The van der Waals surface area contributed by atoms with Crippen molar-refractivity contribution >= 4 is 33.1 Å². The average molecular weight is 249 g/mol. The van der Waals surface area contributed by atoms with Gasteiger partial charge in [0, 0.05) is 43.3 Å². The summed E-state index contributed by atoms with van der Waals surface area (Å²) in [4.78, 5) is 17.3. The van der Waals surface area contributed by atoms with Gasteiger partial charge < -0.3 is 10.2 Å². The predicted molar refractivity (Wildman–Crippen MR) is 71.4 cm³/mol. The van der Waals surface area contributed by atoms with Gasteiger partial charge in [0.1, 0.15) is 5.82 Å². The lowest BCUT2D eigenvalue weighted by Gasteiger charge is -2.11. The minimum absolute atomic E-state index is 0.120. The summed E-state index contributed by atoms with van der Waals surface area (Å²) in [5.41, 5.74) is 0. The average Bonchev–Trinajstić information content (AvgIpc) is 2.77. The second kappa shape index (κ2) is 5.14. The molecule has 4 nitrogen and oxygen atoms in total. The van der Waals surface area contributed by atoms with Gasteiger partial charge in [-0.05, 0) is 17.5 Å². The number of carbonyl (C=O) groups is 1. The molecule has 0 aliphatic carbocycles. The number of nitrogens with one attached hydrogen (secondary N) is 1. The van der Waals surface area contributed by atoms with E-state index >= 15 is 0 Å². The van der Waals surface area contributed by atoms with E-state index in [0.717, 1.165) is 11.2 Å². The Morgan fingerprint density at radius 2 is 2.29 bits per heavy atom. The lowest BCUT2D eigenvalue weighted by atomic mass is 10.3. The van der Waals surface area contributed by atoms with E-state index in [2.05, 4.69) is 10.3 Å². The minimum Gasteiger partial charge on any atom is -0.369 e. The van der Waals surface area contributed by atoms with Gasteiger partial charge in [-0.2, -0.15) is 0 Å². The molecule has 2 aromatic heterocycles. The molecule has 17 heavy (non-hydrogen) atoms. The standard InChI is InChI=1S/C12H15N3OS/c1-15(2)11(16)4-7-14-12-9-5-8-17-10(9)3-6-13-12/h3,5-6,8H,4,7H2,1-2H3,(H,13,14). The van der Waals surface area contributed by atoms with Crippen molar-refractivity contribution in [2.75, 3.05) is 26.0 Å². The highest BCUT2D eigenvalue weighted by atomic mass is 32.1. The van der Waals surface area contributed by atoms with Crippen LogP contribution in [-0.4, -0.2) is 36.4 Å². The fourth-order valence-electron chi connectivity index (χ4n) is 1.55. The Balaban J connectivity index is 1.99. The Kier molecular flexibility index (Phi) is 3.58. The Morgan fingerprint density at radius 3 is 3.06 bits per heavy atom. The number of anilines is 1. The number of carbonyl (C=O) groups excluding carboxylic acids is 1. The lowest BCUT2D eigenvalue weighted by molar-refractivity contribution is -0.128. The van der Waals surface area contributed by atoms with Gasteiger partial charge in [0.25, 0.3) is 0 Å². The van der Waals surface area contributed by atoms with Crippen LogP contribution in [-0.2, 0) is 4.79 Å². The number of amides is 1. The molecule has 0 aliphatic rings. The summed E-state index contributed by atoms with van der Waals surface area (Å²) in [6, 6.07) is 4.04. The molecule has 0 aromatic carbocycles. The fourth-order valence-corrected chi connectivity index (χ4v) is 2.33. The van der Waals surface area contributed by atoms with Gasteiger partial charge in [0.15, 0.2) is 0 Å². The molecule has 0 radical (unpaired) electrons. The SMILES string of the molecule is CN(C)C(=O)CCNc1nccc2sccc12. The van der Waals surface area contributed by atoms with Crippen LogP contribution in [0.25, 0.3) is 10.1 Å². The maximum atomic E-state index is 11.4. The molecule has 5 heteroatoms. The summed E-state index contributed by atoms with van der Waals surface area (Å²) in [6.45, 7) is 0.610. The van der Waals surface area contributed by atoms with Crippen LogP contribution in [0, 0.1) is 0 Å². The Bertz CT molecular complexity index is 521. The Hall–Kier alpha value is -1.62. The first kappa shape index (κ1) is 11.9. The maximum absolute atomic E-state index is 11.4. The van der Waals surface area contributed by atoms with Crippen LogP contribution < -0.4 is 5.32 Å². The molecular weight excluding hydrogens is 234 g/mol. The largest absolute Gasteiger partial charge is 0.369 e. The third kappa shape index (κ3) is 2.74. The van der Waals surface area contributed by atoms with Crippen molar-refractivity contribution < 1.29 is 4.79 Å². The molecule has 0 aliphatic heterocycles. The topological polar surface area (TPSA) is 45.2 Å². The summed E-state index contributed by atoms with van der Waals surface area (Å²) in [7, 11) is 3.53. The molecule has 1 N–H and O–H groups in total. The number of nitrogens with zero attached hydrogens (tertiary/aromatic N) is 2. The van der Waals surface area contributed by atoms with E-state index in [1.54, 1.807) is 36.5 Å². The monoisotopic (exact) mass is 249 g/mol. The van der Waals surface area contributed by atoms with Gasteiger partial charge in [-0.1, -0.05) is 0 Å². The molecule has 0 fully saturated rings. The number of thiophene rings is 1. The molecule has 1 amide bonds. The molecule has 2 rings (SSSR count). The first-order valence-electron chi connectivity index (χ1n) is 5.44. The summed E-state index contributed by atoms with van der Waals surface area (Å²) >= 11 is 1.69. The second-order valence-corrected chi connectivity index (χ2v) is 4.90. The van der Waals surface area contributed by atoms with Gasteiger partial charge in [-0.25, -0.2) is 4.98 Å². The quantitative estimate of drug-likeness (QED) is 0.903. The van der Waals surface area contributed by atoms with Crippen LogP contribution >= 0.6 is 11.3 Å². The van der Waals surface area contributed by atoms with E-state index in [0.29, 0.717) is 13.0 Å². The number of hydrogen-bond donors (Lipinski definition) is 1. The fraction of sp³-hybridized carbons (Fsp3) is 0.333. The molecule has 2 heterocycles. The second-order valence-electron chi connectivity index (χ2n) is 3.96. The molecule has 0 saturated carbocycles. The molecule has 2 aromatic rings. The zero-order chi connectivity index (χ0) is 12.3. The van der Waals surface area contributed by atoms with Crippen molar-refractivity contribution in [2.24, 2.45) is 0 Å². The van der Waals surface area contributed by atoms with Crippen molar-refractivity contribution in [1.29, 1.82) is 0 Å². The smallest absolute Gasteiger partial charge is 0.223 e. The van der Waals surface area contributed by atoms with E-state index in [1.165, 1.54) is 4.70 Å². The van der Waals surface area contributed by atoms with E-state index in [1.807, 2.05) is 17.5 Å². The summed E-state index contributed by atoms with van der Waals surface area (Å²) < 4.78 is 1.21. The number of pyridine rings is 1. The number of rotatable bonds is 4. The normalized spacial score (nSPS) is 10.5. The molecule has 0 atom stereocenters. The van der Waals surface area contributed by atoms with Crippen LogP contribution in [0.2, 0.25) is 0 Å². The summed E-state index contributed by atoms with van der Waals surface area (Å²) in [6.07, 6.45) is 2.27. The highest BCUT2D eigenvalue weighted by molar-refractivity contribution is 7.17. The predicted octanol–water partition coefficient (Wildman–Crippen LogP) is 2.19. The zero-order valence-electron chi connectivity index (χ0n) is 9.93. The number of hydrogen-bond acceptors (Lipinski definition) is 4. The van der Waals surface area contributed by atoms with Gasteiger partial charge >= 0.3 is 0 Å². The van der Waals surface area contributed by atoms with Crippen LogP contribution in [0.3, 0.4) is 0 Å². The van der Waals surface area contributed by atoms with Crippen LogP contribution in [0.1, 0.15) is 6.42 Å². The van der Waals surface area contributed by atoms with Crippen molar-refractivity contribution in [3.05, 3.63) is 23.7 Å². The van der Waals surface area contributed by atoms with E-state index in [9.17, 15) is 4.79 Å². The third-order valence-electron chi connectivity index (χ3n) is 2.51. The highest BCUT2D eigenvalue weighted by Gasteiger charge is 2.05. The third-order valence-corrected chi connectivity index (χ3v) is 3.39. The van der Waals surface area contributed by atoms with E-state index in [4.69, 9.17) is 0 Å². The summed E-state index contributed by atoms with van der Waals surface area (Å²) in [5.74, 6) is 0.977. The lowest BCUT2D eigenvalue weighted by Crippen LogP contribution is -2.24. The highest BCUT2D eigenvalue weighted by Crippen LogP contribution is 2.25. The van der Waals surface area contributed by atoms with Crippen LogP contribution in [0.5, 0.6) is 0 Å². The van der Waals surface area contributed by atoms with Crippen molar-refractivity contribution in [3.63, 3.8) is 0 Å². The molecule has 0 spiro atoms. The molecule has 90 valence electrons. The van der Waals surface area contributed by atoms with Crippen molar-refractivity contribution in [2.45, 2.75) is 6.42 Å². The van der Waals surface area contributed by atoms with Gasteiger partial charge in [0.2, 0.25) is 5.91 Å². The first-order chi connectivity index (χ1) is 8.18. The molecule has 0 unspecified atom stereocenters. The van der Waals surface area contributed by atoms with Crippen molar-refractivity contribution in [1.82, 2.24) is 9.88 Å². The molecular formula is C12H15N3OS. The summed E-state index contributed by atoms with van der Waals surface area (Å²) in [5, 5.41) is 6.37. The molecule has 0 saturated heterocycles. The maximum Gasteiger partial charge on any atom is 0.223 e.